The molecule has 2 atom stereocenters. The quantitative estimate of drug-likeness (QED) is 0.891. The van der Waals surface area contributed by atoms with Crippen molar-refractivity contribution in [3.63, 3.8) is 0 Å². The number of ether oxygens (including phenoxy) is 1. The molecule has 1 aliphatic carbocycles. The first kappa shape index (κ1) is 13.5. The second-order valence-electron chi connectivity index (χ2n) is 5.94. The standard InChI is InChI=1S/C13H23N3O2/c1-9-5-4-6-10(7-9)17-8-11-15-12(16-18-11)13(2,3)14/h9-10H,4-8,14H2,1-3H3. The van der Waals surface area contributed by atoms with E-state index >= 15 is 0 Å². The first-order chi connectivity index (χ1) is 8.45. The molecule has 2 unspecified atom stereocenters. The fraction of sp³-hybridized carbons (Fsp3) is 0.846. The van der Waals surface area contributed by atoms with E-state index in [1.807, 2.05) is 13.8 Å². The number of rotatable bonds is 4. The van der Waals surface area contributed by atoms with Crippen LogP contribution in [-0.2, 0) is 16.9 Å². The summed E-state index contributed by atoms with van der Waals surface area (Å²) in [6.07, 6.45) is 5.15. The van der Waals surface area contributed by atoms with Crippen LogP contribution in [0.1, 0.15) is 58.2 Å². The number of hydrogen-bond donors (Lipinski definition) is 1. The third kappa shape index (κ3) is 3.53. The van der Waals surface area contributed by atoms with Crippen LogP contribution in [0.25, 0.3) is 0 Å². The molecule has 1 aliphatic rings. The monoisotopic (exact) mass is 253 g/mol. The number of hydrogen-bond acceptors (Lipinski definition) is 5. The van der Waals surface area contributed by atoms with Gasteiger partial charge in [-0.05, 0) is 32.6 Å². The van der Waals surface area contributed by atoms with Crippen LogP contribution in [0.5, 0.6) is 0 Å². The Balaban J connectivity index is 1.85. The summed E-state index contributed by atoms with van der Waals surface area (Å²) in [5.74, 6) is 1.80. The Morgan fingerprint density at radius 2 is 2.22 bits per heavy atom. The Labute approximate surface area is 108 Å². The Bertz CT molecular complexity index is 384. The average molecular weight is 253 g/mol. The minimum Gasteiger partial charge on any atom is -0.368 e. The molecule has 0 bridgehead atoms. The Kier molecular flexibility index (Phi) is 4.02. The molecule has 18 heavy (non-hydrogen) atoms. The predicted octanol–water partition coefficient (Wildman–Crippen LogP) is 2.36. The third-order valence-electron chi connectivity index (χ3n) is 3.38. The van der Waals surface area contributed by atoms with Crippen molar-refractivity contribution in [2.45, 2.75) is 64.7 Å². The maximum Gasteiger partial charge on any atom is 0.252 e. The predicted molar refractivity (Wildman–Crippen MR) is 67.7 cm³/mol. The lowest BCUT2D eigenvalue weighted by Crippen LogP contribution is -2.30. The molecule has 1 aromatic heterocycles. The van der Waals surface area contributed by atoms with E-state index in [1.54, 1.807) is 0 Å². The molecule has 5 nitrogen and oxygen atoms in total. The van der Waals surface area contributed by atoms with E-state index in [9.17, 15) is 0 Å². The van der Waals surface area contributed by atoms with Crippen molar-refractivity contribution >= 4 is 0 Å². The molecular weight excluding hydrogens is 230 g/mol. The van der Waals surface area contributed by atoms with Crippen molar-refractivity contribution in [1.29, 1.82) is 0 Å². The second kappa shape index (κ2) is 5.36. The van der Waals surface area contributed by atoms with Crippen LogP contribution in [0.3, 0.4) is 0 Å². The average Bonchev–Trinajstić information content (AvgIpc) is 2.74. The van der Waals surface area contributed by atoms with Crippen LogP contribution in [0.2, 0.25) is 0 Å². The van der Waals surface area contributed by atoms with E-state index in [1.165, 1.54) is 12.8 Å². The summed E-state index contributed by atoms with van der Waals surface area (Å²) in [5, 5.41) is 3.88. The smallest absolute Gasteiger partial charge is 0.252 e. The van der Waals surface area contributed by atoms with Crippen LogP contribution in [0.4, 0.5) is 0 Å². The lowest BCUT2D eigenvalue weighted by Gasteiger charge is -2.26. The van der Waals surface area contributed by atoms with Gasteiger partial charge in [0.05, 0.1) is 11.6 Å². The first-order valence-electron chi connectivity index (χ1n) is 6.68. The number of nitrogens with two attached hydrogens (primary N) is 1. The van der Waals surface area contributed by atoms with E-state index in [0.717, 1.165) is 18.8 Å². The molecule has 0 spiro atoms. The molecule has 0 saturated heterocycles. The van der Waals surface area contributed by atoms with Crippen LogP contribution < -0.4 is 5.73 Å². The van der Waals surface area contributed by atoms with E-state index in [2.05, 4.69) is 17.1 Å². The van der Waals surface area contributed by atoms with Crippen LogP contribution in [0, 0.1) is 5.92 Å². The molecule has 0 aromatic carbocycles. The SMILES string of the molecule is CC1CCCC(OCc2nc(C(C)(C)N)no2)C1. The fourth-order valence-electron chi connectivity index (χ4n) is 2.29. The van der Waals surface area contributed by atoms with Gasteiger partial charge < -0.3 is 15.0 Å². The molecule has 2 N–H and O–H groups in total. The molecule has 0 amide bonds. The highest BCUT2D eigenvalue weighted by atomic mass is 16.5. The zero-order valence-corrected chi connectivity index (χ0v) is 11.5. The fourth-order valence-corrected chi connectivity index (χ4v) is 2.29. The summed E-state index contributed by atoms with van der Waals surface area (Å²) in [6, 6.07) is 0. The molecule has 1 heterocycles. The van der Waals surface area contributed by atoms with Gasteiger partial charge in [0.15, 0.2) is 5.82 Å². The van der Waals surface area contributed by atoms with E-state index < -0.39 is 5.54 Å². The van der Waals surface area contributed by atoms with E-state index in [0.29, 0.717) is 24.4 Å². The highest BCUT2D eigenvalue weighted by Crippen LogP contribution is 2.26. The van der Waals surface area contributed by atoms with Gasteiger partial charge in [0.25, 0.3) is 5.89 Å². The molecule has 0 radical (unpaired) electrons. The molecular formula is C13H23N3O2. The lowest BCUT2D eigenvalue weighted by molar-refractivity contribution is -0.00636. The van der Waals surface area contributed by atoms with Crippen molar-refractivity contribution in [1.82, 2.24) is 10.1 Å². The molecule has 102 valence electrons. The molecule has 0 aliphatic heterocycles. The Hall–Kier alpha value is -0.940. The summed E-state index contributed by atoms with van der Waals surface area (Å²) in [7, 11) is 0. The topological polar surface area (TPSA) is 74.2 Å². The van der Waals surface area contributed by atoms with E-state index in [-0.39, 0.29) is 0 Å². The minimum absolute atomic E-state index is 0.329. The van der Waals surface area contributed by atoms with Gasteiger partial charge in [-0.25, -0.2) is 0 Å². The van der Waals surface area contributed by atoms with Crippen LogP contribution in [-0.4, -0.2) is 16.2 Å². The summed E-state index contributed by atoms with van der Waals surface area (Å²) in [5.41, 5.74) is 5.33. The molecule has 1 saturated carbocycles. The van der Waals surface area contributed by atoms with Crippen LogP contribution in [0.15, 0.2) is 4.52 Å². The maximum absolute atomic E-state index is 5.90. The van der Waals surface area contributed by atoms with Gasteiger partial charge in [-0.2, -0.15) is 4.98 Å². The largest absolute Gasteiger partial charge is 0.368 e. The van der Waals surface area contributed by atoms with Gasteiger partial charge in [0.2, 0.25) is 0 Å². The molecule has 5 heteroatoms. The second-order valence-corrected chi connectivity index (χ2v) is 5.94. The van der Waals surface area contributed by atoms with Gasteiger partial charge in [0.1, 0.15) is 6.61 Å². The molecule has 1 aromatic rings. The van der Waals surface area contributed by atoms with Crippen LogP contribution >= 0.6 is 0 Å². The van der Waals surface area contributed by atoms with Crippen molar-refractivity contribution in [2.24, 2.45) is 11.7 Å². The highest BCUT2D eigenvalue weighted by molar-refractivity contribution is 4.98. The third-order valence-corrected chi connectivity index (χ3v) is 3.38. The molecule has 2 rings (SSSR count). The molecule has 1 fully saturated rings. The minimum atomic E-state index is -0.568. The van der Waals surface area contributed by atoms with E-state index in [4.69, 9.17) is 15.0 Å². The normalized spacial score (nSPS) is 25.3. The van der Waals surface area contributed by atoms with Gasteiger partial charge in [-0.3, -0.25) is 0 Å². The van der Waals surface area contributed by atoms with Gasteiger partial charge in [-0.15, -0.1) is 0 Å². The van der Waals surface area contributed by atoms with Gasteiger partial charge in [0, 0.05) is 0 Å². The number of aromatic nitrogens is 2. The van der Waals surface area contributed by atoms with Crippen molar-refractivity contribution in [3.8, 4) is 0 Å². The Morgan fingerprint density at radius 3 is 2.83 bits per heavy atom. The summed E-state index contributed by atoms with van der Waals surface area (Å²) in [6.45, 7) is 6.37. The van der Waals surface area contributed by atoms with Crippen molar-refractivity contribution < 1.29 is 9.26 Å². The van der Waals surface area contributed by atoms with Gasteiger partial charge in [-0.1, -0.05) is 24.9 Å². The Morgan fingerprint density at radius 1 is 1.44 bits per heavy atom. The van der Waals surface area contributed by atoms with Crippen molar-refractivity contribution in [3.05, 3.63) is 11.7 Å². The lowest BCUT2D eigenvalue weighted by atomic mass is 9.89. The summed E-state index contributed by atoms with van der Waals surface area (Å²) >= 11 is 0. The number of nitrogens with zero attached hydrogens (tertiary/aromatic N) is 2. The zero-order valence-electron chi connectivity index (χ0n) is 11.5. The summed E-state index contributed by atoms with van der Waals surface area (Å²) < 4.78 is 11.0. The zero-order chi connectivity index (χ0) is 13.2. The van der Waals surface area contributed by atoms with Gasteiger partial charge >= 0.3 is 0 Å². The summed E-state index contributed by atoms with van der Waals surface area (Å²) in [4.78, 5) is 4.26. The first-order valence-corrected chi connectivity index (χ1v) is 6.68. The highest BCUT2D eigenvalue weighted by Gasteiger charge is 2.23. The van der Waals surface area contributed by atoms with Crippen molar-refractivity contribution in [2.75, 3.05) is 0 Å². The maximum atomic E-state index is 5.90.